The molecule has 3 aromatic carbocycles. The maximum Gasteiger partial charge on any atom is 0.206 e. The predicted octanol–water partition coefficient (Wildman–Crippen LogP) is 6.15. The first kappa shape index (κ1) is 24.6. The van der Waals surface area contributed by atoms with Gasteiger partial charge in [0.05, 0.1) is 23.0 Å². The van der Waals surface area contributed by atoms with Crippen molar-refractivity contribution >= 4 is 9.84 Å². The number of sulfone groups is 1. The Hall–Kier alpha value is -2.99. The van der Waals surface area contributed by atoms with Gasteiger partial charge >= 0.3 is 0 Å². The predicted molar refractivity (Wildman–Crippen MR) is 130 cm³/mol. The van der Waals surface area contributed by atoms with Gasteiger partial charge in [0.2, 0.25) is 9.84 Å². The number of hydrogen-bond donors (Lipinski definition) is 1. The Bertz CT molecular complexity index is 1110. The lowest BCUT2D eigenvalue weighted by Crippen LogP contribution is -2.10. The van der Waals surface area contributed by atoms with Gasteiger partial charge in [0, 0.05) is 0 Å². The zero-order valence-electron chi connectivity index (χ0n) is 19.5. The van der Waals surface area contributed by atoms with Crippen LogP contribution < -0.4 is 9.47 Å². The minimum atomic E-state index is -3.62. The maximum absolute atomic E-state index is 12.6. The Labute approximate surface area is 196 Å². The summed E-state index contributed by atoms with van der Waals surface area (Å²) >= 11 is 0. The number of phenolic OH excluding ortho intramolecular Hbond substituents is 1. The molecule has 176 valence electrons. The van der Waals surface area contributed by atoms with Crippen LogP contribution in [-0.4, -0.2) is 26.7 Å². The molecule has 0 spiro atoms. The number of aromatic hydroxyl groups is 1. The summed E-state index contributed by atoms with van der Waals surface area (Å²) in [6.45, 7) is 7.81. The van der Waals surface area contributed by atoms with Gasteiger partial charge in [0.1, 0.15) is 17.2 Å². The summed E-state index contributed by atoms with van der Waals surface area (Å²) in [5, 5.41) is 9.35. The van der Waals surface area contributed by atoms with Crippen molar-refractivity contribution in [3.8, 4) is 17.2 Å². The molecule has 0 amide bonds. The molecule has 0 radical (unpaired) electrons. The molecule has 0 fully saturated rings. The highest BCUT2D eigenvalue weighted by molar-refractivity contribution is 7.91. The minimum Gasteiger partial charge on any atom is -0.508 e. The average Bonchev–Trinajstić information content (AvgIpc) is 2.79. The molecule has 0 saturated heterocycles. The minimum absolute atomic E-state index is 0.0269. The van der Waals surface area contributed by atoms with E-state index in [4.69, 9.17) is 9.47 Å². The van der Waals surface area contributed by atoms with Gasteiger partial charge in [-0.3, -0.25) is 0 Å². The van der Waals surface area contributed by atoms with E-state index < -0.39 is 9.84 Å². The summed E-state index contributed by atoms with van der Waals surface area (Å²) in [6, 6.07) is 20.2. The molecular formula is C27H32O5S. The first-order chi connectivity index (χ1) is 15.7. The van der Waals surface area contributed by atoms with Crippen molar-refractivity contribution in [2.75, 3.05) is 13.2 Å². The van der Waals surface area contributed by atoms with E-state index in [1.165, 1.54) is 42.0 Å². The van der Waals surface area contributed by atoms with Gasteiger partial charge in [-0.15, -0.1) is 0 Å². The van der Waals surface area contributed by atoms with Crippen molar-refractivity contribution in [3.05, 3.63) is 78.4 Å². The van der Waals surface area contributed by atoms with Gasteiger partial charge in [-0.05, 0) is 90.9 Å². The molecule has 0 atom stereocenters. The Morgan fingerprint density at radius 1 is 0.667 bits per heavy atom. The molecule has 0 aromatic heterocycles. The van der Waals surface area contributed by atoms with Crippen molar-refractivity contribution in [1.82, 2.24) is 0 Å². The largest absolute Gasteiger partial charge is 0.508 e. The highest BCUT2D eigenvalue weighted by Gasteiger charge is 2.17. The second-order valence-electron chi connectivity index (χ2n) is 9.00. The van der Waals surface area contributed by atoms with Gasteiger partial charge < -0.3 is 14.6 Å². The van der Waals surface area contributed by atoms with Crippen molar-refractivity contribution in [2.24, 2.45) is 0 Å². The zero-order valence-corrected chi connectivity index (χ0v) is 20.3. The van der Waals surface area contributed by atoms with Crippen LogP contribution in [0.5, 0.6) is 17.2 Å². The third kappa shape index (κ3) is 6.99. The van der Waals surface area contributed by atoms with E-state index in [9.17, 15) is 13.5 Å². The fourth-order valence-electron chi connectivity index (χ4n) is 3.29. The van der Waals surface area contributed by atoms with E-state index in [-0.39, 0.29) is 21.0 Å². The topological polar surface area (TPSA) is 72.8 Å². The Balaban J connectivity index is 1.37. The molecule has 0 heterocycles. The first-order valence-electron chi connectivity index (χ1n) is 11.2. The zero-order chi connectivity index (χ0) is 23.9. The maximum atomic E-state index is 12.6. The summed E-state index contributed by atoms with van der Waals surface area (Å²) in [6.07, 6.45) is 2.81. The molecule has 5 nitrogen and oxygen atoms in total. The molecule has 0 aliphatic rings. The summed E-state index contributed by atoms with van der Waals surface area (Å²) in [4.78, 5) is 0.328. The van der Waals surface area contributed by atoms with E-state index in [1.807, 2.05) is 12.1 Å². The highest BCUT2D eigenvalue weighted by Crippen LogP contribution is 2.25. The summed E-state index contributed by atoms with van der Waals surface area (Å²) in [7, 11) is -3.62. The van der Waals surface area contributed by atoms with E-state index in [1.54, 1.807) is 12.1 Å². The van der Waals surface area contributed by atoms with Crippen LogP contribution >= 0.6 is 0 Å². The summed E-state index contributed by atoms with van der Waals surface area (Å²) in [5.41, 5.74) is 1.43. The standard InChI is InChI=1S/C27H32O5S/c1-27(2,3)21-7-11-23(12-8-21)31-19-5-4-6-20-32-24-13-17-26(18-14-24)33(29,30)25-15-9-22(28)10-16-25/h7-18,28H,4-6,19-20H2,1-3H3. The summed E-state index contributed by atoms with van der Waals surface area (Å²) < 4.78 is 36.8. The normalized spacial score (nSPS) is 11.8. The second-order valence-corrected chi connectivity index (χ2v) is 11.0. The van der Waals surface area contributed by atoms with Crippen molar-refractivity contribution < 1.29 is 23.0 Å². The van der Waals surface area contributed by atoms with E-state index in [2.05, 4.69) is 32.9 Å². The fourth-order valence-corrected chi connectivity index (χ4v) is 4.55. The van der Waals surface area contributed by atoms with Gasteiger partial charge in [-0.25, -0.2) is 8.42 Å². The van der Waals surface area contributed by atoms with Crippen LogP contribution in [0.3, 0.4) is 0 Å². The van der Waals surface area contributed by atoms with Gasteiger partial charge in [-0.2, -0.15) is 0 Å². The third-order valence-corrected chi connectivity index (χ3v) is 7.11. The number of ether oxygens (including phenoxy) is 2. The van der Waals surface area contributed by atoms with Crippen LogP contribution in [0.25, 0.3) is 0 Å². The van der Waals surface area contributed by atoms with Gasteiger partial charge in [0.25, 0.3) is 0 Å². The van der Waals surface area contributed by atoms with Crippen LogP contribution in [0.15, 0.2) is 82.6 Å². The van der Waals surface area contributed by atoms with E-state index >= 15 is 0 Å². The van der Waals surface area contributed by atoms with Crippen molar-refractivity contribution in [3.63, 3.8) is 0 Å². The average molecular weight is 469 g/mol. The lowest BCUT2D eigenvalue weighted by molar-refractivity contribution is 0.279. The molecule has 0 bridgehead atoms. The van der Waals surface area contributed by atoms with Crippen LogP contribution in [0.2, 0.25) is 0 Å². The molecule has 0 aliphatic heterocycles. The lowest BCUT2D eigenvalue weighted by Gasteiger charge is -2.19. The quantitative estimate of drug-likeness (QED) is 0.361. The highest BCUT2D eigenvalue weighted by atomic mass is 32.2. The monoisotopic (exact) mass is 468 g/mol. The van der Waals surface area contributed by atoms with Crippen LogP contribution in [0.1, 0.15) is 45.6 Å². The number of benzene rings is 3. The molecule has 0 aliphatic carbocycles. The molecule has 3 aromatic rings. The number of hydrogen-bond acceptors (Lipinski definition) is 5. The SMILES string of the molecule is CC(C)(C)c1ccc(OCCCCCOc2ccc(S(=O)(=O)c3ccc(O)cc3)cc2)cc1. The number of unbranched alkanes of at least 4 members (excludes halogenated alkanes) is 2. The first-order valence-corrected chi connectivity index (χ1v) is 12.6. The molecule has 33 heavy (non-hydrogen) atoms. The molecular weight excluding hydrogens is 436 g/mol. The molecule has 6 heteroatoms. The van der Waals surface area contributed by atoms with Crippen molar-refractivity contribution in [2.45, 2.75) is 55.2 Å². The van der Waals surface area contributed by atoms with Gasteiger partial charge in [0.15, 0.2) is 0 Å². The Morgan fingerprint density at radius 3 is 1.55 bits per heavy atom. The van der Waals surface area contributed by atoms with Crippen LogP contribution in [0, 0.1) is 0 Å². The smallest absolute Gasteiger partial charge is 0.206 e. The molecule has 1 N–H and O–H groups in total. The van der Waals surface area contributed by atoms with Gasteiger partial charge in [-0.1, -0.05) is 32.9 Å². The third-order valence-electron chi connectivity index (χ3n) is 5.33. The van der Waals surface area contributed by atoms with Crippen molar-refractivity contribution in [1.29, 1.82) is 0 Å². The molecule has 3 rings (SSSR count). The summed E-state index contributed by atoms with van der Waals surface area (Å²) in [5.74, 6) is 1.55. The Morgan fingerprint density at radius 2 is 1.09 bits per heavy atom. The molecule has 0 unspecified atom stereocenters. The molecule has 0 saturated carbocycles. The number of phenols is 1. The van der Waals surface area contributed by atoms with Crippen LogP contribution in [-0.2, 0) is 15.3 Å². The lowest BCUT2D eigenvalue weighted by atomic mass is 9.87. The van der Waals surface area contributed by atoms with E-state index in [0.29, 0.717) is 19.0 Å². The van der Waals surface area contributed by atoms with E-state index in [0.717, 1.165) is 25.0 Å². The van der Waals surface area contributed by atoms with Crippen LogP contribution in [0.4, 0.5) is 0 Å². The Kier molecular flexibility index (Phi) is 8.03. The fraction of sp³-hybridized carbons (Fsp3) is 0.333. The number of rotatable bonds is 10. The second kappa shape index (κ2) is 10.8.